The highest BCUT2D eigenvalue weighted by Gasteiger charge is 2.05. The molecule has 0 saturated carbocycles. The van der Waals surface area contributed by atoms with Crippen molar-refractivity contribution >= 4 is 11.6 Å². The number of aliphatic hydroxyl groups is 1. The maximum absolute atomic E-state index is 9.19. The van der Waals surface area contributed by atoms with Gasteiger partial charge in [-0.05, 0) is 19.1 Å². The molecule has 0 heterocycles. The molecule has 0 amide bonds. The Labute approximate surface area is 148 Å². The molecule has 0 saturated heterocycles. The van der Waals surface area contributed by atoms with Crippen LogP contribution in [0.4, 0.5) is 0 Å². The Morgan fingerprint density at radius 1 is 1.00 bits per heavy atom. The smallest absolute Gasteiger partial charge is 0.124 e. The predicted octanol–water partition coefficient (Wildman–Crippen LogP) is 2.98. The third-order valence-electron chi connectivity index (χ3n) is 3.55. The molecule has 4 nitrogen and oxygen atoms in total. The SMILES string of the molecule is C[C@@H](O)CNCCNCc1ccccc1OCc1ccccc1Cl. The van der Waals surface area contributed by atoms with Crippen LogP contribution >= 0.6 is 11.6 Å². The topological polar surface area (TPSA) is 53.5 Å². The van der Waals surface area contributed by atoms with Gasteiger partial charge in [0.2, 0.25) is 0 Å². The molecule has 5 heteroatoms. The van der Waals surface area contributed by atoms with Crippen molar-refractivity contribution in [1.29, 1.82) is 0 Å². The van der Waals surface area contributed by atoms with Gasteiger partial charge >= 0.3 is 0 Å². The molecule has 2 rings (SSSR count). The van der Waals surface area contributed by atoms with Gasteiger partial charge < -0.3 is 20.5 Å². The number of hydrogen-bond acceptors (Lipinski definition) is 4. The van der Waals surface area contributed by atoms with Crippen molar-refractivity contribution in [2.24, 2.45) is 0 Å². The molecule has 0 fully saturated rings. The monoisotopic (exact) mass is 348 g/mol. The van der Waals surface area contributed by atoms with Crippen molar-refractivity contribution in [3.05, 3.63) is 64.7 Å². The number of benzene rings is 2. The minimum Gasteiger partial charge on any atom is -0.489 e. The molecular weight excluding hydrogens is 324 g/mol. The average molecular weight is 349 g/mol. The van der Waals surface area contributed by atoms with E-state index >= 15 is 0 Å². The Balaban J connectivity index is 1.80. The zero-order valence-electron chi connectivity index (χ0n) is 14.0. The van der Waals surface area contributed by atoms with Gasteiger partial charge in [0, 0.05) is 42.3 Å². The van der Waals surface area contributed by atoms with Crippen LogP contribution in [0.5, 0.6) is 5.75 Å². The molecule has 0 bridgehead atoms. The normalized spacial score (nSPS) is 12.1. The van der Waals surface area contributed by atoms with E-state index in [4.69, 9.17) is 16.3 Å². The quantitative estimate of drug-likeness (QED) is 0.578. The van der Waals surface area contributed by atoms with E-state index in [2.05, 4.69) is 16.7 Å². The lowest BCUT2D eigenvalue weighted by molar-refractivity contribution is 0.191. The minimum absolute atomic E-state index is 0.316. The van der Waals surface area contributed by atoms with Crippen LogP contribution in [0.3, 0.4) is 0 Å². The third-order valence-corrected chi connectivity index (χ3v) is 3.92. The van der Waals surface area contributed by atoms with Crippen LogP contribution in [0, 0.1) is 0 Å². The molecule has 2 aromatic rings. The molecule has 0 unspecified atom stereocenters. The van der Waals surface area contributed by atoms with E-state index in [-0.39, 0.29) is 6.10 Å². The van der Waals surface area contributed by atoms with Crippen LogP contribution in [-0.4, -0.2) is 30.8 Å². The molecule has 0 radical (unpaired) electrons. The predicted molar refractivity (Wildman–Crippen MR) is 98.5 cm³/mol. The summed E-state index contributed by atoms with van der Waals surface area (Å²) in [6.07, 6.45) is -0.316. The Morgan fingerprint density at radius 3 is 2.42 bits per heavy atom. The molecule has 3 N–H and O–H groups in total. The molecule has 0 aromatic heterocycles. The average Bonchev–Trinajstić information content (AvgIpc) is 2.58. The summed E-state index contributed by atoms with van der Waals surface area (Å²) in [5.41, 5.74) is 2.09. The molecule has 24 heavy (non-hydrogen) atoms. The fraction of sp³-hybridized carbons (Fsp3) is 0.368. The lowest BCUT2D eigenvalue weighted by Gasteiger charge is -2.13. The highest BCUT2D eigenvalue weighted by molar-refractivity contribution is 6.31. The highest BCUT2D eigenvalue weighted by Crippen LogP contribution is 2.21. The van der Waals surface area contributed by atoms with Crippen molar-refractivity contribution in [3.63, 3.8) is 0 Å². The first-order valence-corrected chi connectivity index (χ1v) is 8.58. The van der Waals surface area contributed by atoms with Crippen molar-refractivity contribution in [2.75, 3.05) is 19.6 Å². The van der Waals surface area contributed by atoms with E-state index in [1.165, 1.54) is 0 Å². The van der Waals surface area contributed by atoms with Crippen molar-refractivity contribution < 1.29 is 9.84 Å². The van der Waals surface area contributed by atoms with Gasteiger partial charge in [0.1, 0.15) is 12.4 Å². The highest BCUT2D eigenvalue weighted by atomic mass is 35.5. The second-order valence-corrected chi connectivity index (χ2v) is 6.12. The first-order valence-electron chi connectivity index (χ1n) is 8.20. The van der Waals surface area contributed by atoms with Crippen LogP contribution in [0.1, 0.15) is 18.1 Å². The number of nitrogens with one attached hydrogen (secondary N) is 2. The van der Waals surface area contributed by atoms with Crippen molar-refractivity contribution in [2.45, 2.75) is 26.2 Å². The summed E-state index contributed by atoms with van der Waals surface area (Å²) >= 11 is 6.17. The van der Waals surface area contributed by atoms with Crippen molar-refractivity contribution in [1.82, 2.24) is 10.6 Å². The van der Waals surface area contributed by atoms with Crippen LogP contribution in [0.25, 0.3) is 0 Å². The van der Waals surface area contributed by atoms with Gasteiger partial charge in [0.25, 0.3) is 0 Å². The van der Waals surface area contributed by atoms with Gasteiger partial charge in [0.05, 0.1) is 6.10 Å². The Kier molecular flexibility index (Phi) is 8.05. The molecule has 0 spiro atoms. The van der Waals surface area contributed by atoms with E-state index < -0.39 is 0 Å². The second kappa shape index (κ2) is 10.3. The Hall–Kier alpha value is -1.59. The lowest BCUT2D eigenvalue weighted by atomic mass is 10.2. The Morgan fingerprint density at radius 2 is 1.67 bits per heavy atom. The second-order valence-electron chi connectivity index (χ2n) is 5.72. The van der Waals surface area contributed by atoms with Gasteiger partial charge in [-0.25, -0.2) is 0 Å². The van der Waals surface area contributed by atoms with Crippen LogP contribution in [0.2, 0.25) is 5.02 Å². The van der Waals surface area contributed by atoms with Gasteiger partial charge in [0.15, 0.2) is 0 Å². The van der Waals surface area contributed by atoms with Gasteiger partial charge in [-0.15, -0.1) is 0 Å². The molecular formula is C19H25ClN2O2. The third kappa shape index (κ3) is 6.49. The maximum atomic E-state index is 9.19. The van der Waals surface area contributed by atoms with E-state index in [9.17, 15) is 5.11 Å². The molecule has 2 aromatic carbocycles. The Bertz CT molecular complexity index is 620. The first-order chi connectivity index (χ1) is 11.7. The first kappa shape index (κ1) is 18.7. The molecule has 1 atom stereocenters. The van der Waals surface area contributed by atoms with Crippen LogP contribution in [-0.2, 0) is 13.2 Å². The van der Waals surface area contributed by atoms with Crippen LogP contribution < -0.4 is 15.4 Å². The zero-order chi connectivity index (χ0) is 17.2. The molecule has 0 aliphatic heterocycles. The van der Waals surface area contributed by atoms with E-state index in [0.29, 0.717) is 13.2 Å². The van der Waals surface area contributed by atoms with Gasteiger partial charge in [-0.2, -0.15) is 0 Å². The van der Waals surface area contributed by atoms with Crippen LogP contribution in [0.15, 0.2) is 48.5 Å². The van der Waals surface area contributed by atoms with Gasteiger partial charge in [-0.1, -0.05) is 48.0 Å². The van der Waals surface area contributed by atoms with E-state index in [1.54, 1.807) is 6.92 Å². The number of hydrogen-bond donors (Lipinski definition) is 3. The van der Waals surface area contributed by atoms with Crippen molar-refractivity contribution in [3.8, 4) is 5.75 Å². The fourth-order valence-corrected chi connectivity index (χ4v) is 2.46. The number of para-hydroxylation sites is 1. The minimum atomic E-state index is -0.316. The summed E-state index contributed by atoms with van der Waals surface area (Å²) in [5.74, 6) is 0.863. The fourth-order valence-electron chi connectivity index (χ4n) is 2.27. The number of rotatable bonds is 10. The number of halogens is 1. The standard InChI is InChI=1S/C19H25ClN2O2/c1-15(23)12-21-10-11-22-13-16-6-3-5-9-19(16)24-14-17-7-2-4-8-18(17)20/h2-9,15,21-23H,10-14H2,1H3/t15-/m1/s1. The maximum Gasteiger partial charge on any atom is 0.124 e. The molecule has 130 valence electrons. The number of ether oxygens (including phenoxy) is 1. The van der Waals surface area contributed by atoms with E-state index in [0.717, 1.165) is 41.5 Å². The largest absolute Gasteiger partial charge is 0.489 e. The summed E-state index contributed by atoms with van der Waals surface area (Å²) in [4.78, 5) is 0. The van der Waals surface area contributed by atoms with E-state index in [1.807, 2.05) is 42.5 Å². The summed E-state index contributed by atoms with van der Waals surface area (Å²) < 4.78 is 5.94. The van der Waals surface area contributed by atoms with Gasteiger partial charge in [-0.3, -0.25) is 0 Å². The number of aliphatic hydroxyl groups excluding tert-OH is 1. The molecule has 0 aliphatic rings. The zero-order valence-corrected chi connectivity index (χ0v) is 14.7. The summed E-state index contributed by atoms with van der Waals surface area (Å²) in [5, 5.41) is 16.5. The molecule has 0 aliphatic carbocycles. The lowest BCUT2D eigenvalue weighted by Crippen LogP contribution is -2.31. The summed E-state index contributed by atoms with van der Waals surface area (Å²) in [6, 6.07) is 15.7. The summed E-state index contributed by atoms with van der Waals surface area (Å²) in [6.45, 7) is 5.20. The summed E-state index contributed by atoms with van der Waals surface area (Å²) in [7, 11) is 0.